The Morgan fingerprint density at radius 3 is 1.00 bits per heavy atom. The van der Waals surface area contributed by atoms with Gasteiger partial charge in [0.2, 0.25) is 0 Å². The predicted octanol–water partition coefficient (Wildman–Crippen LogP) is 14.5. The molecule has 8 rings (SSSR count). The van der Waals surface area contributed by atoms with Crippen LogP contribution in [-0.2, 0) is 21.7 Å². The summed E-state index contributed by atoms with van der Waals surface area (Å²) < 4.78 is 4.78. The molecule has 4 heteroatoms. The van der Waals surface area contributed by atoms with E-state index in [1.165, 1.54) is 22.3 Å². The molecule has 58 heavy (non-hydrogen) atoms. The fraction of sp³-hybridized carbons (Fsp3) is 0.296. The molecule has 8 aromatic rings. The molecular weight excluding hydrogens is 705 g/mol. The molecule has 0 atom stereocenters. The molecule has 290 valence electrons. The van der Waals surface area contributed by atoms with Gasteiger partial charge >= 0.3 is 0 Å². The number of nitrogens with zero attached hydrogens (tertiary/aromatic N) is 4. The molecule has 6 aromatic carbocycles. The van der Waals surface area contributed by atoms with Gasteiger partial charge in [-0.3, -0.25) is 0 Å². The number of fused-ring (bicyclic) bond motifs is 6. The van der Waals surface area contributed by atoms with Crippen molar-refractivity contribution in [1.82, 2.24) is 9.13 Å². The molecule has 0 spiro atoms. The molecule has 0 unspecified atom stereocenters. The summed E-state index contributed by atoms with van der Waals surface area (Å²) in [5, 5.41) is 25.9. The molecule has 0 N–H and O–H groups in total. The van der Waals surface area contributed by atoms with Crippen molar-refractivity contribution in [2.24, 2.45) is 0 Å². The van der Waals surface area contributed by atoms with Crippen LogP contribution in [0.25, 0.3) is 66.1 Å². The van der Waals surface area contributed by atoms with E-state index in [1.54, 1.807) is 0 Å². The molecular formula is C54H54N4. The molecule has 0 saturated heterocycles. The Hall–Kier alpha value is -6.10. The lowest BCUT2D eigenvalue weighted by Gasteiger charge is -2.24. The van der Waals surface area contributed by atoms with Crippen LogP contribution in [0.5, 0.6) is 0 Å². The Kier molecular flexibility index (Phi) is 8.84. The van der Waals surface area contributed by atoms with E-state index in [0.717, 1.165) is 66.1 Å². The lowest BCUT2D eigenvalue weighted by atomic mass is 9.86. The maximum atomic E-state index is 11.0. The average molecular weight is 759 g/mol. The van der Waals surface area contributed by atoms with Crippen LogP contribution in [0.2, 0.25) is 0 Å². The quantitative estimate of drug-likeness (QED) is 0.180. The standard InChI is InChI=1S/C54H54N4/c1-51(2,3)36-16-20-40-41-21-17-37(52(4,5)6)28-45(41)57(44(40)27-36)48-25-34(32-56)26-49(50(48)35-15-13-14-33(24-35)31-55)58-46-29-38(53(7,8)9)18-22-42(46)43-23-19-39(30-47(43)58)54(10,11)12/h13-30H,1-12H3. The van der Waals surface area contributed by atoms with Gasteiger partial charge in [-0.1, -0.05) is 144 Å². The zero-order chi connectivity index (χ0) is 41.7. The van der Waals surface area contributed by atoms with Crippen LogP contribution in [0, 0.1) is 22.7 Å². The van der Waals surface area contributed by atoms with Gasteiger partial charge in [0.15, 0.2) is 0 Å². The highest BCUT2D eigenvalue weighted by atomic mass is 15.0. The maximum absolute atomic E-state index is 11.0. The lowest BCUT2D eigenvalue weighted by Crippen LogP contribution is -2.12. The second-order valence-electron chi connectivity index (χ2n) is 20.3. The third-order valence-corrected chi connectivity index (χ3v) is 12.0. The first-order valence-electron chi connectivity index (χ1n) is 20.5. The maximum Gasteiger partial charge on any atom is 0.0993 e. The van der Waals surface area contributed by atoms with E-state index in [1.807, 2.05) is 18.2 Å². The minimum Gasteiger partial charge on any atom is -0.308 e. The second-order valence-corrected chi connectivity index (χ2v) is 20.3. The van der Waals surface area contributed by atoms with Gasteiger partial charge in [-0.05, 0) is 98.0 Å². The second kappa shape index (κ2) is 13.2. The van der Waals surface area contributed by atoms with Gasteiger partial charge in [-0.15, -0.1) is 0 Å². The molecule has 0 aliphatic carbocycles. The number of aromatic nitrogens is 2. The summed E-state index contributed by atoms with van der Waals surface area (Å²) in [7, 11) is 0. The van der Waals surface area contributed by atoms with Crippen LogP contribution < -0.4 is 0 Å². The van der Waals surface area contributed by atoms with Gasteiger partial charge in [-0.25, -0.2) is 0 Å². The Balaban J connectivity index is 1.64. The van der Waals surface area contributed by atoms with Crippen molar-refractivity contribution in [3.8, 4) is 34.6 Å². The zero-order valence-corrected chi connectivity index (χ0v) is 36.2. The Morgan fingerprint density at radius 2 is 0.707 bits per heavy atom. The van der Waals surface area contributed by atoms with E-state index in [-0.39, 0.29) is 21.7 Å². The summed E-state index contributed by atoms with van der Waals surface area (Å²) in [5.41, 5.74) is 13.7. The summed E-state index contributed by atoms with van der Waals surface area (Å²) >= 11 is 0. The van der Waals surface area contributed by atoms with Crippen molar-refractivity contribution in [3.05, 3.63) is 143 Å². The molecule has 2 heterocycles. The van der Waals surface area contributed by atoms with Crippen molar-refractivity contribution in [1.29, 1.82) is 10.5 Å². The van der Waals surface area contributed by atoms with Crippen LogP contribution >= 0.6 is 0 Å². The van der Waals surface area contributed by atoms with Crippen molar-refractivity contribution in [2.75, 3.05) is 0 Å². The first-order valence-corrected chi connectivity index (χ1v) is 20.5. The van der Waals surface area contributed by atoms with Gasteiger partial charge in [0.05, 0.1) is 56.7 Å². The highest BCUT2D eigenvalue weighted by molar-refractivity contribution is 6.12. The average Bonchev–Trinajstić information content (AvgIpc) is 3.67. The van der Waals surface area contributed by atoms with Gasteiger partial charge in [0.1, 0.15) is 0 Å². The van der Waals surface area contributed by atoms with E-state index in [4.69, 9.17) is 0 Å². The SMILES string of the molecule is CC(C)(C)c1ccc2c3ccc(C(C)(C)C)cc3n(-c3cc(C#N)cc(-n4c5cc(C(C)(C)C)ccc5c5ccc(C(C)(C)C)cc54)c3-c3cccc(C#N)c3)c2c1. The Labute approximate surface area is 344 Å². The topological polar surface area (TPSA) is 57.4 Å². The van der Waals surface area contributed by atoms with Crippen molar-refractivity contribution < 1.29 is 0 Å². The van der Waals surface area contributed by atoms with Crippen LogP contribution in [0.1, 0.15) is 116 Å². The predicted molar refractivity (Wildman–Crippen MR) is 245 cm³/mol. The smallest absolute Gasteiger partial charge is 0.0993 e. The molecule has 4 nitrogen and oxygen atoms in total. The third kappa shape index (κ3) is 6.46. The molecule has 0 radical (unpaired) electrons. The van der Waals surface area contributed by atoms with Gasteiger partial charge in [0, 0.05) is 27.1 Å². The Morgan fingerprint density at radius 1 is 0.379 bits per heavy atom. The normalized spacial score (nSPS) is 12.8. The van der Waals surface area contributed by atoms with Crippen LogP contribution in [0.15, 0.2) is 109 Å². The molecule has 0 aliphatic rings. The van der Waals surface area contributed by atoms with Crippen molar-refractivity contribution in [2.45, 2.75) is 105 Å². The molecule has 0 saturated carbocycles. The lowest BCUT2D eigenvalue weighted by molar-refractivity contribution is 0.590. The highest BCUT2D eigenvalue weighted by Crippen LogP contribution is 2.45. The first-order chi connectivity index (χ1) is 27.2. The number of nitriles is 2. The summed E-state index contributed by atoms with van der Waals surface area (Å²) in [6.45, 7) is 27.1. The minimum atomic E-state index is -0.0891. The molecule has 0 amide bonds. The van der Waals surface area contributed by atoms with E-state index in [9.17, 15) is 10.5 Å². The van der Waals surface area contributed by atoms with E-state index in [0.29, 0.717) is 11.1 Å². The summed E-state index contributed by atoms with van der Waals surface area (Å²) in [4.78, 5) is 0. The summed E-state index contributed by atoms with van der Waals surface area (Å²) in [6.07, 6.45) is 0. The van der Waals surface area contributed by atoms with Gasteiger partial charge in [-0.2, -0.15) is 10.5 Å². The molecule has 0 bridgehead atoms. The highest BCUT2D eigenvalue weighted by Gasteiger charge is 2.27. The van der Waals surface area contributed by atoms with E-state index >= 15 is 0 Å². The van der Waals surface area contributed by atoms with Gasteiger partial charge < -0.3 is 9.13 Å². The fourth-order valence-corrected chi connectivity index (χ4v) is 8.49. The number of hydrogen-bond donors (Lipinski definition) is 0. The van der Waals surface area contributed by atoms with Crippen molar-refractivity contribution >= 4 is 43.6 Å². The van der Waals surface area contributed by atoms with Crippen LogP contribution in [0.3, 0.4) is 0 Å². The first kappa shape index (κ1) is 38.8. The largest absolute Gasteiger partial charge is 0.308 e. The summed E-state index contributed by atoms with van der Waals surface area (Å²) in [6, 6.07) is 44.5. The minimum absolute atomic E-state index is 0.0891. The zero-order valence-electron chi connectivity index (χ0n) is 36.2. The van der Waals surface area contributed by atoms with Crippen molar-refractivity contribution in [3.63, 3.8) is 0 Å². The van der Waals surface area contributed by atoms with E-state index < -0.39 is 0 Å². The van der Waals surface area contributed by atoms with E-state index in [2.05, 4.69) is 195 Å². The monoisotopic (exact) mass is 758 g/mol. The fourth-order valence-electron chi connectivity index (χ4n) is 8.49. The third-order valence-electron chi connectivity index (χ3n) is 12.0. The summed E-state index contributed by atoms with van der Waals surface area (Å²) in [5.74, 6) is 0. The number of hydrogen-bond acceptors (Lipinski definition) is 2. The molecule has 0 aliphatic heterocycles. The van der Waals surface area contributed by atoms with Crippen LogP contribution in [0.4, 0.5) is 0 Å². The Bertz CT molecular complexity index is 2740. The van der Waals surface area contributed by atoms with Gasteiger partial charge in [0.25, 0.3) is 0 Å². The molecule has 2 aromatic heterocycles. The number of rotatable bonds is 3. The molecule has 0 fully saturated rings. The van der Waals surface area contributed by atoms with Crippen LogP contribution in [-0.4, -0.2) is 9.13 Å². The number of benzene rings is 6.